The molecule has 1 N–H and O–H groups in total. The number of hydrogen-bond acceptors (Lipinski definition) is 2. The molecule has 0 fully saturated rings. The molecule has 0 bridgehead atoms. The zero-order valence-electron chi connectivity index (χ0n) is 9.30. The van der Waals surface area contributed by atoms with Crippen molar-refractivity contribution in [1.29, 1.82) is 0 Å². The monoisotopic (exact) mass is 213 g/mol. The van der Waals surface area contributed by atoms with Gasteiger partial charge in [0.2, 0.25) is 0 Å². The number of benzene rings is 1. The van der Waals surface area contributed by atoms with E-state index < -0.39 is 0 Å². The molecule has 2 rings (SSSR count). The lowest BCUT2D eigenvalue weighted by atomic mass is 10.2. The van der Waals surface area contributed by atoms with Gasteiger partial charge in [-0.3, -0.25) is 4.68 Å². The van der Waals surface area contributed by atoms with Crippen molar-refractivity contribution in [3.05, 3.63) is 54.2 Å². The molecule has 2 aromatic rings. The van der Waals surface area contributed by atoms with Crippen molar-refractivity contribution in [2.24, 2.45) is 7.05 Å². The second-order valence-electron chi connectivity index (χ2n) is 3.57. The Bertz CT molecular complexity index is 457. The third-order valence-electron chi connectivity index (χ3n) is 2.22. The van der Waals surface area contributed by atoms with Crippen LogP contribution in [-0.4, -0.2) is 16.3 Å². The van der Waals surface area contributed by atoms with Crippen molar-refractivity contribution in [2.45, 2.75) is 0 Å². The zero-order chi connectivity index (χ0) is 11.2. The highest BCUT2D eigenvalue weighted by Crippen LogP contribution is 2.02. The summed E-state index contributed by atoms with van der Waals surface area (Å²) in [6.07, 6.45) is 6.10. The van der Waals surface area contributed by atoms with Crippen LogP contribution in [-0.2, 0) is 7.05 Å². The first-order chi connectivity index (χ1) is 7.84. The first-order valence-electron chi connectivity index (χ1n) is 5.30. The largest absolute Gasteiger partial charge is 0.365 e. The minimum atomic E-state index is 0.784. The smallest absolute Gasteiger partial charge is 0.148 e. The summed E-state index contributed by atoms with van der Waals surface area (Å²) in [6.45, 7) is 0.784. The van der Waals surface area contributed by atoms with E-state index in [0.29, 0.717) is 0 Å². The minimum Gasteiger partial charge on any atom is -0.365 e. The first-order valence-corrected chi connectivity index (χ1v) is 5.30. The highest BCUT2D eigenvalue weighted by Gasteiger charge is 1.91. The normalized spacial score (nSPS) is 10.8. The van der Waals surface area contributed by atoms with Crippen LogP contribution in [0.3, 0.4) is 0 Å². The van der Waals surface area contributed by atoms with E-state index in [1.54, 1.807) is 4.68 Å². The summed E-state index contributed by atoms with van der Waals surface area (Å²) in [5.41, 5.74) is 1.21. The van der Waals surface area contributed by atoms with E-state index in [1.165, 1.54) is 5.56 Å². The van der Waals surface area contributed by atoms with Gasteiger partial charge in [0.15, 0.2) is 0 Å². The van der Waals surface area contributed by atoms with E-state index >= 15 is 0 Å². The Morgan fingerprint density at radius 1 is 1.25 bits per heavy atom. The standard InChI is InChI=1S/C13H15N3/c1-16-11-9-13(15-16)14-10-5-8-12-6-3-2-4-7-12/h2-9,11H,10H2,1H3,(H,14,15). The van der Waals surface area contributed by atoms with Gasteiger partial charge in [0, 0.05) is 25.9 Å². The average molecular weight is 213 g/mol. The summed E-state index contributed by atoms with van der Waals surface area (Å²) < 4.78 is 1.78. The highest BCUT2D eigenvalue weighted by atomic mass is 15.3. The molecular weight excluding hydrogens is 198 g/mol. The maximum Gasteiger partial charge on any atom is 0.148 e. The van der Waals surface area contributed by atoms with Crippen molar-refractivity contribution in [1.82, 2.24) is 9.78 Å². The molecule has 0 aliphatic carbocycles. The Labute approximate surface area is 95.4 Å². The molecule has 82 valence electrons. The fraction of sp³-hybridized carbons (Fsp3) is 0.154. The van der Waals surface area contributed by atoms with Crippen LogP contribution in [0.15, 0.2) is 48.7 Å². The number of nitrogens with zero attached hydrogens (tertiary/aromatic N) is 2. The van der Waals surface area contributed by atoms with Gasteiger partial charge in [0.05, 0.1) is 0 Å². The number of hydrogen-bond donors (Lipinski definition) is 1. The summed E-state index contributed by atoms with van der Waals surface area (Å²) >= 11 is 0. The Kier molecular flexibility index (Phi) is 3.38. The third-order valence-corrected chi connectivity index (χ3v) is 2.22. The van der Waals surface area contributed by atoms with Crippen molar-refractivity contribution >= 4 is 11.9 Å². The summed E-state index contributed by atoms with van der Waals surface area (Å²) in [5, 5.41) is 7.44. The van der Waals surface area contributed by atoms with Crippen molar-refractivity contribution in [3.63, 3.8) is 0 Å². The molecule has 0 aliphatic rings. The van der Waals surface area contributed by atoms with Crippen molar-refractivity contribution < 1.29 is 0 Å². The number of aryl methyl sites for hydroxylation is 1. The lowest BCUT2D eigenvalue weighted by molar-refractivity contribution is 0.769. The van der Waals surface area contributed by atoms with Gasteiger partial charge in [-0.15, -0.1) is 0 Å². The van der Waals surface area contributed by atoms with Gasteiger partial charge in [-0.1, -0.05) is 42.5 Å². The van der Waals surface area contributed by atoms with Crippen LogP contribution in [0.5, 0.6) is 0 Å². The molecule has 0 radical (unpaired) electrons. The predicted molar refractivity (Wildman–Crippen MR) is 67.2 cm³/mol. The van der Waals surface area contributed by atoms with Gasteiger partial charge in [-0.05, 0) is 5.56 Å². The number of rotatable bonds is 4. The zero-order valence-corrected chi connectivity index (χ0v) is 9.30. The average Bonchev–Trinajstić information content (AvgIpc) is 2.72. The van der Waals surface area contributed by atoms with Gasteiger partial charge < -0.3 is 5.32 Å². The van der Waals surface area contributed by atoms with E-state index in [1.807, 2.05) is 37.5 Å². The predicted octanol–water partition coefficient (Wildman–Crippen LogP) is 2.55. The minimum absolute atomic E-state index is 0.784. The maximum absolute atomic E-state index is 4.23. The van der Waals surface area contributed by atoms with Crippen LogP contribution in [0.1, 0.15) is 5.56 Å². The van der Waals surface area contributed by atoms with Gasteiger partial charge in [0.1, 0.15) is 5.82 Å². The number of nitrogens with one attached hydrogen (secondary N) is 1. The molecule has 3 nitrogen and oxygen atoms in total. The summed E-state index contributed by atoms with van der Waals surface area (Å²) in [6, 6.07) is 12.2. The van der Waals surface area contributed by atoms with Crippen molar-refractivity contribution in [3.8, 4) is 0 Å². The quantitative estimate of drug-likeness (QED) is 0.845. The van der Waals surface area contributed by atoms with Crippen LogP contribution in [0, 0.1) is 0 Å². The molecule has 16 heavy (non-hydrogen) atoms. The van der Waals surface area contributed by atoms with Gasteiger partial charge in [0.25, 0.3) is 0 Å². The molecule has 0 amide bonds. The third kappa shape index (κ3) is 2.98. The Morgan fingerprint density at radius 2 is 2.06 bits per heavy atom. The summed E-state index contributed by atoms with van der Waals surface area (Å²) in [7, 11) is 1.91. The molecule has 0 saturated carbocycles. The second kappa shape index (κ2) is 5.16. The van der Waals surface area contributed by atoms with Crippen LogP contribution in [0.25, 0.3) is 6.08 Å². The molecule has 1 aromatic carbocycles. The van der Waals surface area contributed by atoms with Crippen LogP contribution >= 0.6 is 0 Å². The number of aromatic nitrogens is 2. The SMILES string of the molecule is Cn1ccc(NCC=Cc2ccccc2)n1. The lowest BCUT2D eigenvalue weighted by Gasteiger charge is -1.97. The van der Waals surface area contributed by atoms with Crippen LogP contribution in [0.2, 0.25) is 0 Å². The van der Waals surface area contributed by atoms with E-state index in [2.05, 4.69) is 34.7 Å². The molecule has 1 heterocycles. The molecule has 0 saturated heterocycles. The molecule has 1 aromatic heterocycles. The topological polar surface area (TPSA) is 29.9 Å². The molecule has 0 atom stereocenters. The Morgan fingerprint density at radius 3 is 2.75 bits per heavy atom. The van der Waals surface area contributed by atoms with Crippen molar-refractivity contribution in [2.75, 3.05) is 11.9 Å². The Hall–Kier alpha value is -2.03. The fourth-order valence-corrected chi connectivity index (χ4v) is 1.43. The number of anilines is 1. The van der Waals surface area contributed by atoms with Gasteiger partial charge >= 0.3 is 0 Å². The molecule has 0 spiro atoms. The summed E-state index contributed by atoms with van der Waals surface area (Å²) in [4.78, 5) is 0. The van der Waals surface area contributed by atoms with Crippen LogP contribution < -0.4 is 5.32 Å². The highest BCUT2D eigenvalue weighted by molar-refractivity contribution is 5.49. The molecule has 0 unspecified atom stereocenters. The van der Waals surface area contributed by atoms with Gasteiger partial charge in [-0.25, -0.2) is 0 Å². The summed E-state index contributed by atoms with van der Waals surface area (Å²) in [5.74, 6) is 0.903. The molecule has 3 heteroatoms. The maximum atomic E-state index is 4.23. The lowest BCUT2D eigenvalue weighted by Crippen LogP contribution is -1.99. The van der Waals surface area contributed by atoms with E-state index in [4.69, 9.17) is 0 Å². The first kappa shape index (κ1) is 10.5. The molecular formula is C13H15N3. The van der Waals surface area contributed by atoms with Gasteiger partial charge in [-0.2, -0.15) is 5.10 Å². The fourth-order valence-electron chi connectivity index (χ4n) is 1.43. The van der Waals surface area contributed by atoms with E-state index in [-0.39, 0.29) is 0 Å². The Balaban J connectivity index is 1.82. The van der Waals surface area contributed by atoms with Crippen LogP contribution in [0.4, 0.5) is 5.82 Å². The molecule has 0 aliphatic heterocycles. The van der Waals surface area contributed by atoms with E-state index in [0.717, 1.165) is 12.4 Å². The van der Waals surface area contributed by atoms with E-state index in [9.17, 15) is 0 Å². The second-order valence-corrected chi connectivity index (χ2v) is 3.57.